The summed E-state index contributed by atoms with van der Waals surface area (Å²) < 4.78 is 28.8. The molecule has 0 spiro atoms. The first-order valence-corrected chi connectivity index (χ1v) is 12.3. The summed E-state index contributed by atoms with van der Waals surface area (Å²) in [5, 5.41) is 17.5. The van der Waals surface area contributed by atoms with E-state index in [4.69, 9.17) is 0 Å². The Kier molecular flexibility index (Phi) is 5.96. The average Bonchev–Trinajstić information content (AvgIpc) is 3.58. The number of carbonyl (C=O) groups excluding carboxylic acids is 1. The Morgan fingerprint density at radius 3 is 2.79 bits per heavy atom. The minimum absolute atomic E-state index is 0.253. The molecule has 2 saturated heterocycles. The van der Waals surface area contributed by atoms with Gasteiger partial charge in [0.2, 0.25) is 0 Å². The normalized spacial score (nSPS) is 17.8. The van der Waals surface area contributed by atoms with Crippen LogP contribution in [0.2, 0.25) is 0 Å². The van der Waals surface area contributed by atoms with Crippen LogP contribution in [-0.4, -0.2) is 77.8 Å². The van der Waals surface area contributed by atoms with E-state index in [1.807, 2.05) is 23.1 Å². The first-order chi connectivity index (χ1) is 18.5. The zero-order valence-corrected chi connectivity index (χ0v) is 20.3. The summed E-state index contributed by atoms with van der Waals surface area (Å²) in [6.07, 6.45) is 9.72. The highest BCUT2D eigenvalue weighted by atomic mass is 19.1. The number of nitrogens with one attached hydrogen (secondary N) is 2. The Morgan fingerprint density at radius 1 is 1.21 bits per heavy atom. The van der Waals surface area contributed by atoms with Gasteiger partial charge in [0.1, 0.15) is 23.3 Å². The largest absolute Gasteiger partial charge is 0.346 e. The molecule has 11 nitrogen and oxygen atoms in total. The third kappa shape index (κ3) is 4.22. The van der Waals surface area contributed by atoms with Crippen molar-refractivity contribution in [1.29, 1.82) is 5.26 Å². The summed E-state index contributed by atoms with van der Waals surface area (Å²) in [4.78, 5) is 31.9. The highest BCUT2D eigenvalue weighted by molar-refractivity contribution is 5.90. The quantitative estimate of drug-likeness (QED) is 0.415. The van der Waals surface area contributed by atoms with E-state index in [1.54, 1.807) is 11.1 Å². The molecule has 0 radical (unpaired) electrons. The molecule has 0 aromatic carbocycles. The van der Waals surface area contributed by atoms with Crippen LogP contribution in [0.4, 0.5) is 19.4 Å². The van der Waals surface area contributed by atoms with Crippen molar-refractivity contribution in [3.05, 3.63) is 54.9 Å². The van der Waals surface area contributed by atoms with Gasteiger partial charge in [-0.15, -0.1) is 0 Å². The molecule has 38 heavy (non-hydrogen) atoms. The van der Waals surface area contributed by atoms with E-state index in [0.717, 1.165) is 41.3 Å². The average molecular weight is 519 g/mol. The van der Waals surface area contributed by atoms with Crippen molar-refractivity contribution in [1.82, 2.24) is 39.5 Å². The number of aromatic amines is 1. The van der Waals surface area contributed by atoms with E-state index in [1.165, 1.54) is 6.33 Å². The number of rotatable bonds is 5. The number of pyridine rings is 1. The number of amides is 2. The molecular formula is C25H24F2N10O. The lowest BCUT2D eigenvalue weighted by Crippen LogP contribution is -2.66. The van der Waals surface area contributed by atoms with Crippen molar-refractivity contribution in [2.24, 2.45) is 0 Å². The van der Waals surface area contributed by atoms with Gasteiger partial charge in [-0.2, -0.15) is 10.4 Å². The number of H-pyrrole nitrogens is 1. The molecule has 2 amide bonds. The molecule has 0 unspecified atom stereocenters. The zero-order valence-electron chi connectivity index (χ0n) is 20.3. The number of hydrogen-bond donors (Lipinski definition) is 2. The van der Waals surface area contributed by atoms with Gasteiger partial charge in [-0.3, -0.25) is 14.9 Å². The van der Waals surface area contributed by atoms with Gasteiger partial charge in [-0.05, 0) is 18.9 Å². The van der Waals surface area contributed by atoms with Gasteiger partial charge >= 0.3 is 6.03 Å². The number of hydrogen-bond acceptors (Lipinski definition) is 7. The maximum atomic E-state index is 13.8. The van der Waals surface area contributed by atoms with Crippen molar-refractivity contribution in [3.63, 3.8) is 0 Å². The number of urea groups is 1. The number of nitriles is 1. The molecule has 2 aliphatic heterocycles. The Hall–Kier alpha value is -4.44. The molecule has 13 heteroatoms. The fourth-order valence-electron chi connectivity index (χ4n) is 5.38. The van der Waals surface area contributed by atoms with Gasteiger partial charge in [0.25, 0.3) is 0 Å². The topological polar surface area (TPSA) is 132 Å². The third-order valence-corrected chi connectivity index (χ3v) is 7.40. The molecule has 0 atom stereocenters. The van der Waals surface area contributed by atoms with E-state index in [2.05, 4.69) is 41.3 Å². The molecule has 4 aromatic heterocycles. The Bertz CT molecular complexity index is 1530. The molecule has 2 fully saturated rings. The summed E-state index contributed by atoms with van der Waals surface area (Å²) in [6, 6.07) is 4.72. The maximum Gasteiger partial charge on any atom is 0.323 e. The number of piperidine rings is 1. The van der Waals surface area contributed by atoms with Gasteiger partial charge in [0, 0.05) is 61.6 Å². The number of anilines is 1. The van der Waals surface area contributed by atoms with Crippen molar-refractivity contribution < 1.29 is 13.6 Å². The van der Waals surface area contributed by atoms with Crippen LogP contribution in [0.3, 0.4) is 0 Å². The van der Waals surface area contributed by atoms with E-state index in [9.17, 15) is 18.8 Å². The summed E-state index contributed by atoms with van der Waals surface area (Å²) in [5.41, 5.74) is 1.96. The van der Waals surface area contributed by atoms with E-state index < -0.39 is 23.2 Å². The minimum atomic E-state index is -0.915. The molecular weight excluding hydrogens is 494 g/mol. The van der Waals surface area contributed by atoms with Crippen LogP contribution in [0.25, 0.3) is 22.3 Å². The summed E-state index contributed by atoms with van der Waals surface area (Å²) in [5.74, 6) is -2.01. The fourth-order valence-corrected chi connectivity index (χ4v) is 5.38. The van der Waals surface area contributed by atoms with Gasteiger partial charge in [0.15, 0.2) is 11.6 Å². The second-order valence-electron chi connectivity index (χ2n) is 9.73. The maximum absolute atomic E-state index is 13.8. The molecule has 2 N–H and O–H groups in total. The molecule has 0 bridgehead atoms. The lowest BCUT2D eigenvalue weighted by Gasteiger charge is -2.53. The summed E-state index contributed by atoms with van der Waals surface area (Å²) in [6.45, 7) is 2.33. The minimum Gasteiger partial charge on any atom is -0.346 e. The SMILES string of the molecule is N#CCC1(n2cc(-c3ncnc4[nH]ccc34)cn2)CN(C2CCN(C(=O)Nc3ncc(F)cc3F)CC2)C1. The van der Waals surface area contributed by atoms with Crippen molar-refractivity contribution in [2.45, 2.75) is 30.8 Å². The second kappa shape index (κ2) is 9.46. The lowest BCUT2D eigenvalue weighted by molar-refractivity contribution is -0.0399. The summed E-state index contributed by atoms with van der Waals surface area (Å²) in [7, 11) is 0. The Labute approximate surface area is 216 Å². The highest BCUT2D eigenvalue weighted by Gasteiger charge is 2.48. The van der Waals surface area contributed by atoms with E-state index in [0.29, 0.717) is 38.7 Å². The van der Waals surface area contributed by atoms with Gasteiger partial charge in [0.05, 0.1) is 30.6 Å². The number of fused-ring (bicyclic) bond motifs is 1. The van der Waals surface area contributed by atoms with Gasteiger partial charge in [-0.25, -0.2) is 28.5 Å². The molecule has 0 saturated carbocycles. The molecule has 4 aromatic rings. The second-order valence-corrected chi connectivity index (χ2v) is 9.73. The Balaban J connectivity index is 1.09. The molecule has 2 aliphatic rings. The number of likely N-dealkylation sites (tertiary alicyclic amines) is 2. The number of nitrogens with zero attached hydrogens (tertiary/aromatic N) is 8. The predicted molar refractivity (Wildman–Crippen MR) is 133 cm³/mol. The van der Waals surface area contributed by atoms with Crippen LogP contribution >= 0.6 is 0 Å². The molecule has 6 rings (SSSR count). The lowest BCUT2D eigenvalue weighted by atomic mass is 9.84. The first kappa shape index (κ1) is 23.9. The van der Waals surface area contributed by atoms with Crippen molar-refractivity contribution in [3.8, 4) is 17.3 Å². The monoisotopic (exact) mass is 518 g/mol. The summed E-state index contributed by atoms with van der Waals surface area (Å²) >= 11 is 0. The van der Waals surface area contributed by atoms with Crippen molar-refractivity contribution in [2.75, 3.05) is 31.5 Å². The number of aromatic nitrogens is 6. The highest BCUT2D eigenvalue weighted by Crippen LogP contribution is 2.37. The van der Waals surface area contributed by atoms with Gasteiger partial charge < -0.3 is 9.88 Å². The fraction of sp³-hybridized carbons (Fsp3) is 0.360. The Morgan fingerprint density at radius 2 is 2.03 bits per heavy atom. The van der Waals surface area contributed by atoms with Crippen molar-refractivity contribution >= 4 is 22.9 Å². The molecule has 0 aliphatic carbocycles. The van der Waals surface area contributed by atoms with E-state index in [-0.39, 0.29) is 11.9 Å². The first-order valence-electron chi connectivity index (χ1n) is 12.3. The number of carbonyl (C=O) groups is 1. The standard InChI is InChI=1S/C25H24F2N10O/c26-17-9-20(27)23(30-11-17)34-24(38)35-7-2-18(3-8-35)36-13-25(14-36,4-5-28)37-12-16(10-33-37)21-19-1-6-29-22(19)32-15-31-21/h1,6,9-12,15,18H,2-4,7-8,13-14H2,(H,29,31,32)(H,30,34,38). The van der Waals surface area contributed by atoms with Crippen LogP contribution < -0.4 is 5.32 Å². The molecule has 6 heterocycles. The van der Waals surface area contributed by atoms with Crippen LogP contribution in [0.1, 0.15) is 19.3 Å². The van der Waals surface area contributed by atoms with Crippen LogP contribution in [-0.2, 0) is 5.54 Å². The third-order valence-electron chi connectivity index (χ3n) is 7.40. The van der Waals surface area contributed by atoms with E-state index >= 15 is 0 Å². The smallest absolute Gasteiger partial charge is 0.323 e. The molecule has 194 valence electrons. The zero-order chi connectivity index (χ0) is 26.3. The van der Waals surface area contributed by atoms with Crippen LogP contribution in [0.15, 0.2) is 43.2 Å². The van der Waals surface area contributed by atoms with Crippen LogP contribution in [0, 0.1) is 23.0 Å². The van der Waals surface area contributed by atoms with Gasteiger partial charge in [-0.1, -0.05) is 0 Å². The van der Waals surface area contributed by atoms with Crippen LogP contribution in [0.5, 0.6) is 0 Å². The number of halogens is 2. The predicted octanol–water partition coefficient (Wildman–Crippen LogP) is 3.12.